The van der Waals surface area contributed by atoms with Crippen LogP contribution >= 0.6 is 11.3 Å². The van der Waals surface area contributed by atoms with E-state index in [1.807, 2.05) is 37.3 Å². The predicted molar refractivity (Wildman–Crippen MR) is 118 cm³/mol. The lowest BCUT2D eigenvalue weighted by molar-refractivity contribution is 0.0849. The van der Waals surface area contributed by atoms with Crippen LogP contribution in [0, 0.1) is 0 Å². The Kier molecular flexibility index (Phi) is 6.09. The van der Waals surface area contributed by atoms with Crippen LogP contribution in [0.2, 0.25) is 0 Å². The molecule has 2 aromatic heterocycles. The normalized spacial score (nSPS) is 10.5. The van der Waals surface area contributed by atoms with Gasteiger partial charge < -0.3 is 9.15 Å². The molecule has 2 N–H and O–H groups in total. The molecule has 0 aliphatic heterocycles. The van der Waals surface area contributed by atoms with Gasteiger partial charge in [0.25, 0.3) is 11.8 Å². The van der Waals surface area contributed by atoms with Crippen LogP contribution in [0.5, 0.6) is 5.75 Å². The molecule has 0 bridgehead atoms. The Morgan fingerprint density at radius 2 is 1.71 bits per heavy atom. The van der Waals surface area contributed by atoms with Crippen LogP contribution in [-0.2, 0) is 0 Å². The van der Waals surface area contributed by atoms with Crippen molar-refractivity contribution in [3.8, 4) is 27.8 Å². The van der Waals surface area contributed by atoms with Crippen LogP contribution in [0.1, 0.15) is 27.0 Å². The van der Waals surface area contributed by atoms with Crippen LogP contribution < -0.4 is 15.6 Å². The van der Waals surface area contributed by atoms with E-state index in [2.05, 4.69) is 15.8 Å². The van der Waals surface area contributed by atoms with Gasteiger partial charge >= 0.3 is 0 Å². The predicted octanol–water partition coefficient (Wildman–Crippen LogP) is 4.54. The molecule has 2 heterocycles. The summed E-state index contributed by atoms with van der Waals surface area (Å²) in [6, 6.07) is 19.6. The second-order valence-electron chi connectivity index (χ2n) is 6.41. The number of aromatic nitrogens is 1. The highest BCUT2D eigenvalue weighted by atomic mass is 32.1. The number of furan rings is 1. The van der Waals surface area contributed by atoms with E-state index in [0.717, 1.165) is 5.56 Å². The zero-order chi connectivity index (χ0) is 21.6. The first-order valence-corrected chi connectivity index (χ1v) is 10.4. The number of ether oxygens (including phenoxy) is 1. The monoisotopic (exact) mass is 433 g/mol. The number of carbonyl (C=O) groups excluding carboxylic acids is 2. The van der Waals surface area contributed by atoms with E-state index in [1.54, 1.807) is 42.7 Å². The van der Waals surface area contributed by atoms with Crippen molar-refractivity contribution in [1.29, 1.82) is 0 Å². The average Bonchev–Trinajstić information content (AvgIpc) is 3.49. The maximum atomic E-state index is 12.9. The Labute approximate surface area is 182 Å². The molecule has 156 valence electrons. The third-order valence-corrected chi connectivity index (χ3v) is 5.40. The molecule has 2 aromatic carbocycles. The first kappa shape index (κ1) is 20.4. The van der Waals surface area contributed by atoms with E-state index < -0.39 is 11.8 Å². The number of amides is 2. The van der Waals surface area contributed by atoms with Gasteiger partial charge in [0.05, 0.1) is 18.6 Å². The Balaban J connectivity index is 1.53. The van der Waals surface area contributed by atoms with Gasteiger partial charge in [-0.25, -0.2) is 4.98 Å². The molecule has 0 radical (unpaired) electrons. The lowest BCUT2D eigenvalue weighted by atomic mass is 10.1. The number of thiazole rings is 1. The molecule has 7 nitrogen and oxygen atoms in total. The molecule has 0 aliphatic rings. The van der Waals surface area contributed by atoms with Crippen molar-refractivity contribution >= 4 is 23.2 Å². The van der Waals surface area contributed by atoms with Gasteiger partial charge in [-0.2, -0.15) is 0 Å². The summed E-state index contributed by atoms with van der Waals surface area (Å²) in [5, 5.41) is 0.576. The fraction of sp³-hybridized carbons (Fsp3) is 0.0870. The molecule has 8 heteroatoms. The minimum absolute atomic E-state index is 0.365. The van der Waals surface area contributed by atoms with E-state index in [4.69, 9.17) is 9.15 Å². The summed E-state index contributed by atoms with van der Waals surface area (Å²) >= 11 is 1.19. The fourth-order valence-electron chi connectivity index (χ4n) is 2.88. The molecule has 0 aliphatic carbocycles. The third kappa shape index (κ3) is 4.65. The molecule has 0 fully saturated rings. The topological polar surface area (TPSA) is 93.5 Å². The Morgan fingerprint density at radius 1 is 0.968 bits per heavy atom. The van der Waals surface area contributed by atoms with E-state index in [9.17, 15) is 9.59 Å². The highest BCUT2D eigenvalue weighted by Crippen LogP contribution is 2.34. The largest absolute Gasteiger partial charge is 0.494 e. The standard InChI is InChI=1S/C23H19N3O4S/c1-2-29-17-12-10-16(11-13-17)21(27)25-26-22(28)20-19(15-7-4-3-5-8-15)24-23(31-20)18-9-6-14-30-18/h3-14H,2H2,1H3,(H,25,27)(H,26,28). The van der Waals surface area contributed by atoms with Crippen molar-refractivity contribution in [2.45, 2.75) is 6.92 Å². The highest BCUT2D eigenvalue weighted by Gasteiger charge is 2.21. The van der Waals surface area contributed by atoms with Crippen LogP contribution in [0.3, 0.4) is 0 Å². The molecule has 0 saturated heterocycles. The molecule has 0 atom stereocenters. The van der Waals surface area contributed by atoms with Crippen molar-refractivity contribution < 1.29 is 18.7 Å². The smallest absolute Gasteiger partial charge is 0.282 e. The fourth-order valence-corrected chi connectivity index (χ4v) is 3.83. The van der Waals surface area contributed by atoms with E-state index in [1.165, 1.54) is 11.3 Å². The van der Waals surface area contributed by atoms with E-state index in [-0.39, 0.29) is 0 Å². The van der Waals surface area contributed by atoms with Crippen molar-refractivity contribution in [2.24, 2.45) is 0 Å². The van der Waals surface area contributed by atoms with Gasteiger partial charge in [0.2, 0.25) is 0 Å². The van der Waals surface area contributed by atoms with Gasteiger partial charge in [-0.3, -0.25) is 20.4 Å². The van der Waals surface area contributed by atoms with Crippen LogP contribution in [0.4, 0.5) is 0 Å². The number of rotatable bonds is 6. The van der Waals surface area contributed by atoms with Crippen LogP contribution in [0.15, 0.2) is 77.4 Å². The van der Waals surface area contributed by atoms with E-state index in [0.29, 0.717) is 39.3 Å². The molecule has 0 saturated carbocycles. The van der Waals surface area contributed by atoms with Gasteiger partial charge in [-0.1, -0.05) is 30.3 Å². The van der Waals surface area contributed by atoms with Crippen molar-refractivity contribution in [3.05, 3.63) is 83.4 Å². The Morgan fingerprint density at radius 3 is 2.39 bits per heavy atom. The van der Waals surface area contributed by atoms with Crippen LogP contribution in [-0.4, -0.2) is 23.4 Å². The second kappa shape index (κ2) is 9.27. The molecule has 0 unspecified atom stereocenters. The maximum absolute atomic E-state index is 12.9. The number of carbonyl (C=O) groups is 2. The summed E-state index contributed by atoms with van der Waals surface area (Å²) in [7, 11) is 0. The number of hydrazine groups is 1. The number of hydrogen-bond donors (Lipinski definition) is 2. The summed E-state index contributed by atoms with van der Waals surface area (Å²) in [6.45, 7) is 2.43. The van der Waals surface area contributed by atoms with E-state index >= 15 is 0 Å². The summed E-state index contributed by atoms with van der Waals surface area (Å²) < 4.78 is 10.8. The first-order chi connectivity index (χ1) is 15.2. The van der Waals surface area contributed by atoms with Crippen molar-refractivity contribution in [2.75, 3.05) is 6.61 Å². The molecular formula is C23H19N3O4S. The third-order valence-electron chi connectivity index (χ3n) is 4.33. The number of nitrogens with zero attached hydrogens (tertiary/aromatic N) is 1. The van der Waals surface area contributed by atoms with Gasteiger partial charge in [0.1, 0.15) is 10.6 Å². The van der Waals surface area contributed by atoms with Crippen molar-refractivity contribution in [1.82, 2.24) is 15.8 Å². The number of nitrogens with one attached hydrogen (secondary N) is 2. The minimum Gasteiger partial charge on any atom is -0.494 e. The average molecular weight is 433 g/mol. The van der Waals surface area contributed by atoms with Gasteiger partial charge in [-0.05, 0) is 43.3 Å². The molecule has 2 amide bonds. The summed E-state index contributed by atoms with van der Waals surface area (Å²) in [4.78, 5) is 30.3. The molecule has 4 aromatic rings. The summed E-state index contributed by atoms with van der Waals surface area (Å²) in [5.41, 5.74) is 6.63. The lowest BCUT2D eigenvalue weighted by Gasteiger charge is -2.08. The Hall–Kier alpha value is -3.91. The second-order valence-corrected chi connectivity index (χ2v) is 7.40. The van der Waals surface area contributed by atoms with Gasteiger partial charge in [0.15, 0.2) is 10.8 Å². The molecular weight excluding hydrogens is 414 g/mol. The number of hydrogen-bond acceptors (Lipinski definition) is 6. The van der Waals surface area contributed by atoms with Gasteiger partial charge in [-0.15, -0.1) is 11.3 Å². The first-order valence-electron chi connectivity index (χ1n) is 9.59. The molecule has 4 rings (SSSR count). The highest BCUT2D eigenvalue weighted by molar-refractivity contribution is 7.17. The SMILES string of the molecule is CCOc1ccc(C(=O)NNC(=O)c2sc(-c3ccco3)nc2-c2ccccc2)cc1. The number of benzene rings is 2. The maximum Gasteiger partial charge on any atom is 0.282 e. The van der Waals surface area contributed by atoms with Gasteiger partial charge in [0, 0.05) is 11.1 Å². The summed E-state index contributed by atoms with van der Waals surface area (Å²) in [6.07, 6.45) is 1.55. The summed E-state index contributed by atoms with van der Waals surface area (Å²) in [5.74, 6) is 0.340. The Bertz CT molecular complexity index is 1170. The minimum atomic E-state index is -0.464. The van der Waals surface area contributed by atoms with Crippen LogP contribution in [0.25, 0.3) is 22.0 Å². The van der Waals surface area contributed by atoms with Crippen molar-refractivity contribution in [3.63, 3.8) is 0 Å². The quantitative estimate of drug-likeness (QED) is 0.435. The molecule has 31 heavy (non-hydrogen) atoms. The zero-order valence-corrected chi connectivity index (χ0v) is 17.4. The zero-order valence-electron chi connectivity index (χ0n) is 16.6. The lowest BCUT2D eigenvalue weighted by Crippen LogP contribution is -2.41. The molecule has 0 spiro atoms.